The van der Waals surface area contributed by atoms with Crippen molar-refractivity contribution in [1.82, 2.24) is 0 Å². The highest BCUT2D eigenvalue weighted by atomic mass is 32.1. The Bertz CT molecular complexity index is 364. The molecule has 0 radical (unpaired) electrons. The van der Waals surface area contributed by atoms with E-state index in [0.29, 0.717) is 5.92 Å². The number of carboxylic acid groups (broad SMARTS) is 1. The summed E-state index contributed by atoms with van der Waals surface area (Å²) in [7, 11) is 0. The normalized spacial score (nSPS) is 19.6. The fourth-order valence-electron chi connectivity index (χ4n) is 2.64. The van der Waals surface area contributed by atoms with Gasteiger partial charge in [-0.15, -0.1) is 11.3 Å². The van der Waals surface area contributed by atoms with Gasteiger partial charge in [0.2, 0.25) is 0 Å². The number of hydrogen-bond donors (Lipinski definition) is 1. The molecule has 1 aliphatic carbocycles. The lowest BCUT2D eigenvalue weighted by Gasteiger charge is -2.26. The molecule has 0 aromatic carbocycles. The van der Waals surface area contributed by atoms with Gasteiger partial charge < -0.3 is 5.11 Å². The maximum absolute atomic E-state index is 11.4. The summed E-state index contributed by atoms with van der Waals surface area (Å²) < 4.78 is 0. The van der Waals surface area contributed by atoms with E-state index in [1.54, 1.807) is 11.3 Å². The summed E-state index contributed by atoms with van der Waals surface area (Å²) in [6, 6.07) is 4.02. The number of aryl methyl sites for hydroxylation is 1. The lowest BCUT2D eigenvalue weighted by atomic mass is 9.79. The minimum atomic E-state index is -0.645. The van der Waals surface area contributed by atoms with Crippen molar-refractivity contribution in [2.24, 2.45) is 5.92 Å². The number of hydrogen-bond acceptors (Lipinski definition) is 2. The van der Waals surface area contributed by atoms with Gasteiger partial charge in [-0.25, -0.2) is 0 Å². The summed E-state index contributed by atoms with van der Waals surface area (Å²) in [5, 5.41) is 9.39. The molecule has 1 fully saturated rings. The van der Waals surface area contributed by atoms with Crippen LogP contribution in [-0.2, 0) is 4.79 Å². The zero-order chi connectivity index (χ0) is 11.5. The highest BCUT2D eigenvalue weighted by molar-refractivity contribution is 7.12. The van der Waals surface area contributed by atoms with Crippen LogP contribution in [0.5, 0.6) is 0 Å². The van der Waals surface area contributed by atoms with Gasteiger partial charge in [-0.3, -0.25) is 4.79 Å². The summed E-state index contributed by atoms with van der Waals surface area (Å²) in [5.41, 5.74) is 0. The third-order valence-electron chi connectivity index (χ3n) is 3.45. The summed E-state index contributed by atoms with van der Waals surface area (Å²) in [4.78, 5) is 13.7. The van der Waals surface area contributed by atoms with Crippen LogP contribution in [0.25, 0.3) is 0 Å². The number of thiophene rings is 1. The molecule has 0 aliphatic heterocycles. The van der Waals surface area contributed by atoms with Crippen LogP contribution in [0.15, 0.2) is 12.1 Å². The van der Waals surface area contributed by atoms with Crippen LogP contribution in [0.3, 0.4) is 0 Å². The molecule has 88 valence electrons. The molecule has 1 unspecified atom stereocenters. The smallest absolute Gasteiger partial charge is 0.312 e. The van der Waals surface area contributed by atoms with E-state index in [9.17, 15) is 9.90 Å². The Kier molecular flexibility index (Phi) is 3.64. The van der Waals surface area contributed by atoms with Crippen molar-refractivity contribution in [3.8, 4) is 0 Å². The molecular formula is C13H18O2S. The molecule has 1 aliphatic rings. The van der Waals surface area contributed by atoms with Gasteiger partial charge in [-0.2, -0.15) is 0 Å². The Labute approximate surface area is 100 Å². The van der Waals surface area contributed by atoms with Crippen molar-refractivity contribution in [1.29, 1.82) is 0 Å². The molecule has 0 spiro atoms. The van der Waals surface area contributed by atoms with Crippen molar-refractivity contribution in [2.75, 3.05) is 0 Å². The van der Waals surface area contributed by atoms with Crippen molar-refractivity contribution >= 4 is 17.3 Å². The molecule has 2 nitrogen and oxygen atoms in total. The zero-order valence-corrected chi connectivity index (χ0v) is 10.4. The molecule has 0 amide bonds. The first-order valence-electron chi connectivity index (χ1n) is 5.97. The molecule has 1 aromatic heterocycles. The summed E-state index contributed by atoms with van der Waals surface area (Å²) in [5.74, 6) is -0.558. The van der Waals surface area contributed by atoms with E-state index in [0.717, 1.165) is 17.7 Å². The Balaban J connectivity index is 2.19. The van der Waals surface area contributed by atoms with Crippen LogP contribution in [0.2, 0.25) is 0 Å². The van der Waals surface area contributed by atoms with Gasteiger partial charge in [-0.05, 0) is 37.8 Å². The van der Waals surface area contributed by atoms with E-state index in [1.165, 1.54) is 24.1 Å². The summed E-state index contributed by atoms with van der Waals surface area (Å²) in [6.45, 7) is 2.04. The molecule has 3 heteroatoms. The van der Waals surface area contributed by atoms with E-state index in [2.05, 4.69) is 0 Å². The predicted octanol–water partition coefficient (Wildman–Crippen LogP) is 3.81. The molecule has 1 heterocycles. The maximum atomic E-state index is 11.4. The molecule has 1 atom stereocenters. The number of carbonyl (C=O) groups is 1. The average Bonchev–Trinajstić information content (AvgIpc) is 2.66. The van der Waals surface area contributed by atoms with Crippen molar-refractivity contribution in [3.63, 3.8) is 0 Å². The van der Waals surface area contributed by atoms with Crippen molar-refractivity contribution in [2.45, 2.75) is 44.9 Å². The van der Waals surface area contributed by atoms with E-state index >= 15 is 0 Å². The van der Waals surface area contributed by atoms with Gasteiger partial charge >= 0.3 is 5.97 Å². The standard InChI is InChI=1S/C13H18O2S/c1-9-7-8-11(16-9)12(13(14)15)10-5-3-2-4-6-10/h7-8,10,12H,2-6H2,1H3,(H,14,15). The van der Waals surface area contributed by atoms with Gasteiger partial charge in [0.15, 0.2) is 0 Å². The topological polar surface area (TPSA) is 37.3 Å². The Morgan fingerprint density at radius 2 is 2.06 bits per heavy atom. The molecule has 0 saturated heterocycles. The minimum Gasteiger partial charge on any atom is -0.481 e. The van der Waals surface area contributed by atoms with E-state index in [-0.39, 0.29) is 5.92 Å². The summed E-state index contributed by atoms with van der Waals surface area (Å²) in [6.07, 6.45) is 5.81. The molecule has 1 aromatic rings. The zero-order valence-electron chi connectivity index (χ0n) is 9.61. The fourth-order valence-corrected chi connectivity index (χ4v) is 3.71. The monoisotopic (exact) mass is 238 g/mol. The van der Waals surface area contributed by atoms with E-state index < -0.39 is 5.97 Å². The van der Waals surface area contributed by atoms with Gasteiger partial charge in [-0.1, -0.05) is 19.3 Å². The van der Waals surface area contributed by atoms with Crippen molar-refractivity contribution < 1.29 is 9.90 Å². The number of aliphatic carboxylic acids is 1. The highest BCUT2D eigenvalue weighted by Crippen LogP contribution is 2.38. The number of carboxylic acids is 1. The summed E-state index contributed by atoms with van der Waals surface area (Å²) >= 11 is 1.64. The molecule has 16 heavy (non-hydrogen) atoms. The quantitative estimate of drug-likeness (QED) is 0.869. The molecule has 0 bridgehead atoms. The highest BCUT2D eigenvalue weighted by Gasteiger charge is 2.31. The Morgan fingerprint density at radius 1 is 1.38 bits per heavy atom. The minimum absolute atomic E-state index is 0.265. The first-order chi connectivity index (χ1) is 7.68. The van der Waals surface area contributed by atoms with E-state index in [4.69, 9.17) is 0 Å². The van der Waals surface area contributed by atoms with Gasteiger partial charge in [0.1, 0.15) is 0 Å². The molecule has 2 rings (SSSR count). The van der Waals surface area contributed by atoms with Crippen LogP contribution in [-0.4, -0.2) is 11.1 Å². The lowest BCUT2D eigenvalue weighted by Crippen LogP contribution is -2.22. The van der Waals surface area contributed by atoms with Crippen LogP contribution in [0, 0.1) is 12.8 Å². The second-order valence-electron chi connectivity index (χ2n) is 4.66. The largest absolute Gasteiger partial charge is 0.481 e. The Hall–Kier alpha value is -0.830. The van der Waals surface area contributed by atoms with Crippen LogP contribution in [0.1, 0.15) is 47.8 Å². The third kappa shape index (κ3) is 2.46. The molecule has 1 N–H and O–H groups in total. The number of rotatable bonds is 3. The SMILES string of the molecule is Cc1ccc(C(C(=O)O)C2CCCCC2)s1. The Morgan fingerprint density at radius 3 is 2.56 bits per heavy atom. The molecule has 1 saturated carbocycles. The van der Waals surface area contributed by atoms with Gasteiger partial charge in [0, 0.05) is 9.75 Å². The van der Waals surface area contributed by atoms with Gasteiger partial charge in [0.25, 0.3) is 0 Å². The van der Waals surface area contributed by atoms with Gasteiger partial charge in [0.05, 0.1) is 5.92 Å². The fraction of sp³-hybridized carbons (Fsp3) is 0.615. The predicted molar refractivity (Wildman–Crippen MR) is 66.0 cm³/mol. The van der Waals surface area contributed by atoms with Crippen LogP contribution in [0.4, 0.5) is 0 Å². The average molecular weight is 238 g/mol. The maximum Gasteiger partial charge on any atom is 0.312 e. The molecular weight excluding hydrogens is 220 g/mol. The first-order valence-corrected chi connectivity index (χ1v) is 6.79. The van der Waals surface area contributed by atoms with Crippen molar-refractivity contribution in [3.05, 3.63) is 21.9 Å². The third-order valence-corrected chi connectivity index (χ3v) is 4.54. The van der Waals surface area contributed by atoms with Crippen LogP contribution >= 0.6 is 11.3 Å². The lowest BCUT2D eigenvalue weighted by molar-refractivity contribution is -0.140. The van der Waals surface area contributed by atoms with Crippen LogP contribution < -0.4 is 0 Å². The van der Waals surface area contributed by atoms with E-state index in [1.807, 2.05) is 19.1 Å². The first kappa shape index (κ1) is 11.6. The second-order valence-corrected chi connectivity index (χ2v) is 5.98. The second kappa shape index (κ2) is 5.00.